The summed E-state index contributed by atoms with van der Waals surface area (Å²) in [5, 5.41) is 53.2. The maximum Gasteiger partial charge on any atom is 0.354 e. The molecule has 0 saturated heterocycles. The summed E-state index contributed by atoms with van der Waals surface area (Å²) in [4.78, 5) is 24.4. The number of nitrogens with zero attached hydrogens (tertiary/aromatic N) is 1. The Morgan fingerprint density at radius 1 is 0.906 bits per heavy atom. The number of fused-ring (bicyclic) bond motifs is 2. The number of benzene rings is 2. The molecule has 3 rings (SSSR count). The molecular weight excluding hydrogens is 418 g/mol. The van der Waals surface area contributed by atoms with E-state index < -0.39 is 50.0 Å². The van der Waals surface area contributed by atoms with Gasteiger partial charge in [-0.05, 0) is 37.5 Å². The van der Waals surface area contributed by atoms with Crippen molar-refractivity contribution in [1.29, 1.82) is 0 Å². The van der Waals surface area contributed by atoms with E-state index in [1.807, 2.05) is 27.7 Å². The number of rotatable bonds is 7. The van der Waals surface area contributed by atoms with Crippen LogP contribution in [-0.2, 0) is 12.8 Å². The molecule has 0 amide bonds. The van der Waals surface area contributed by atoms with Crippen LogP contribution in [0.3, 0.4) is 0 Å². The molecular formula is C23H27NO8. The predicted octanol–water partition coefficient (Wildman–Crippen LogP) is 4.85. The normalized spacial score (nSPS) is 11.8. The Labute approximate surface area is 183 Å². The van der Waals surface area contributed by atoms with Gasteiger partial charge in [-0.1, -0.05) is 27.7 Å². The van der Waals surface area contributed by atoms with Crippen molar-refractivity contribution in [1.82, 2.24) is 0 Å². The molecule has 0 spiro atoms. The number of hydrogen-bond acceptors (Lipinski definition) is 8. The molecule has 0 aliphatic rings. The zero-order valence-corrected chi connectivity index (χ0v) is 18.4. The van der Waals surface area contributed by atoms with Gasteiger partial charge in [0, 0.05) is 17.2 Å². The third-order valence-electron chi connectivity index (χ3n) is 5.61. The topological polar surface area (TPSA) is 154 Å². The average Bonchev–Trinajstić information content (AvgIpc) is 2.67. The molecule has 4 N–H and O–H groups in total. The van der Waals surface area contributed by atoms with Crippen LogP contribution in [0.5, 0.6) is 23.0 Å². The highest BCUT2D eigenvalue weighted by Gasteiger charge is 2.32. The van der Waals surface area contributed by atoms with Gasteiger partial charge in [-0.2, -0.15) is 0 Å². The summed E-state index contributed by atoms with van der Waals surface area (Å²) in [6.07, 6.45) is 1.46. The highest BCUT2D eigenvalue weighted by molar-refractivity contribution is 6.02. The van der Waals surface area contributed by atoms with Gasteiger partial charge in [-0.15, -0.1) is 0 Å². The second-order valence-electron chi connectivity index (χ2n) is 8.88. The number of aryl methyl sites for hydroxylation is 1. The number of nitro benzene ring substituents is 1. The van der Waals surface area contributed by atoms with Crippen molar-refractivity contribution in [2.75, 3.05) is 0 Å². The summed E-state index contributed by atoms with van der Waals surface area (Å²) in [6, 6.07) is 0.995. The van der Waals surface area contributed by atoms with Gasteiger partial charge in [-0.25, -0.2) is 0 Å². The molecule has 0 aliphatic heterocycles. The Kier molecular flexibility index (Phi) is 6.20. The Morgan fingerprint density at radius 2 is 1.47 bits per heavy atom. The van der Waals surface area contributed by atoms with Gasteiger partial charge >= 0.3 is 5.69 Å². The van der Waals surface area contributed by atoms with Crippen LogP contribution in [0.4, 0.5) is 5.69 Å². The standard InChI is InChI=1S/C23H27NO8/c1-10(2)5-7-12-16-15(9-14(25)19(12)26)32-23-17(22(16)29)20(27)13(8-6-11(3)4)21(28)18(23)24(30)31/h9-11,25-28H,5-8H2,1-4H3. The summed E-state index contributed by atoms with van der Waals surface area (Å²) in [5.74, 6) is -1.94. The molecule has 172 valence electrons. The summed E-state index contributed by atoms with van der Waals surface area (Å²) >= 11 is 0. The first-order chi connectivity index (χ1) is 15.0. The maximum atomic E-state index is 13.5. The van der Waals surface area contributed by atoms with E-state index in [4.69, 9.17) is 4.42 Å². The molecule has 0 aliphatic carbocycles. The van der Waals surface area contributed by atoms with Crippen LogP contribution in [0.15, 0.2) is 15.3 Å². The lowest BCUT2D eigenvalue weighted by molar-refractivity contribution is -0.384. The number of phenols is 4. The van der Waals surface area contributed by atoms with E-state index in [2.05, 4.69) is 0 Å². The smallest absolute Gasteiger partial charge is 0.354 e. The van der Waals surface area contributed by atoms with E-state index in [1.54, 1.807) is 0 Å². The summed E-state index contributed by atoms with van der Waals surface area (Å²) in [5.41, 5.74) is -2.34. The molecule has 0 atom stereocenters. The third kappa shape index (κ3) is 3.90. The molecule has 1 aromatic heterocycles. The molecule has 2 aromatic carbocycles. The van der Waals surface area contributed by atoms with E-state index in [1.165, 1.54) is 0 Å². The van der Waals surface area contributed by atoms with Crippen molar-refractivity contribution < 1.29 is 29.8 Å². The zero-order chi connectivity index (χ0) is 23.9. The first-order valence-corrected chi connectivity index (χ1v) is 10.5. The Balaban J connectivity index is 2.49. The minimum Gasteiger partial charge on any atom is -0.507 e. The van der Waals surface area contributed by atoms with Crippen molar-refractivity contribution in [3.8, 4) is 23.0 Å². The van der Waals surface area contributed by atoms with Crippen LogP contribution in [0.2, 0.25) is 0 Å². The van der Waals surface area contributed by atoms with Gasteiger partial charge < -0.3 is 24.8 Å². The fourth-order valence-electron chi connectivity index (χ4n) is 3.82. The molecule has 9 nitrogen and oxygen atoms in total. The van der Waals surface area contributed by atoms with Crippen LogP contribution in [-0.4, -0.2) is 25.3 Å². The highest BCUT2D eigenvalue weighted by Crippen LogP contribution is 2.46. The van der Waals surface area contributed by atoms with Crippen molar-refractivity contribution in [3.05, 3.63) is 37.5 Å². The summed E-state index contributed by atoms with van der Waals surface area (Å²) in [7, 11) is 0. The molecule has 3 aromatic rings. The van der Waals surface area contributed by atoms with E-state index in [0.717, 1.165) is 6.07 Å². The Morgan fingerprint density at radius 3 is 2.00 bits per heavy atom. The monoisotopic (exact) mass is 445 g/mol. The lowest BCUT2D eigenvalue weighted by Crippen LogP contribution is -2.09. The number of nitro groups is 1. The van der Waals surface area contributed by atoms with Crippen LogP contribution >= 0.6 is 0 Å². The summed E-state index contributed by atoms with van der Waals surface area (Å²) < 4.78 is 5.61. The number of hydrogen-bond donors (Lipinski definition) is 4. The van der Waals surface area contributed by atoms with Gasteiger partial charge in [0.05, 0.1) is 10.3 Å². The Hall–Kier alpha value is -3.49. The van der Waals surface area contributed by atoms with Crippen molar-refractivity contribution in [3.63, 3.8) is 0 Å². The molecule has 0 saturated carbocycles. The van der Waals surface area contributed by atoms with E-state index >= 15 is 0 Å². The fourth-order valence-corrected chi connectivity index (χ4v) is 3.82. The minimum absolute atomic E-state index is 0.0708. The van der Waals surface area contributed by atoms with Crippen LogP contribution < -0.4 is 5.43 Å². The van der Waals surface area contributed by atoms with Crippen LogP contribution in [0.1, 0.15) is 51.7 Å². The minimum atomic E-state index is -0.870. The van der Waals surface area contributed by atoms with Crippen LogP contribution in [0, 0.1) is 22.0 Å². The molecule has 0 radical (unpaired) electrons. The molecule has 9 heteroatoms. The van der Waals surface area contributed by atoms with Crippen molar-refractivity contribution in [2.24, 2.45) is 11.8 Å². The van der Waals surface area contributed by atoms with E-state index in [9.17, 15) is 35.3 Å². The molecule has 32 heavy (non-hydrogen) atoms. The fraction of sp³-hybridized carbons (Fsp3) is 0.435. The van der Waals surface area contributed by atoms with Crippen molar-refractivity contribution >= 4 is 27.6 Å². The SMILES string of the molecule is CC(C)CCc1c(O)c([N+](=O)[O-])c2oc3cc(O)c(O)c(CCC(C)C)c3c(=O)c2c1O. The molecule has 0 unspecified atom stereocenters. The van der Waals surface area contributed by atoms with Gasteiger partial charge in [0.15, 0.2) is 11.5 Å². The quantitative estimate of drug-likeness (QED) is 0.174. The summed E-state index contributed by atoms with van der Waals surface area (Å²) in [6.45, 7) is 7.75. The van der Waals surface area contributed by atoms with Crippen molar-refractivity contribution in [2.45, 2.75) is 53.4 Å². The second kappa shape index (κ2) is 8.57. The Bertz CT molecular complexity index is 1270. The molecule has 0 fully saturated rings. The van der Waals surface area contributed by atoms with Gasteiger partial charge in [0.1, 0.15) is 16.7 Å². The number of aromatic hydroxyl groups is 4. The van der Waals surface area contributed by atoms with Gasteiger partial charge in [-0.3, -0.25) is 14.9 Å². The zero-order valence-electron chi connectivity index (χ0n) is 18.4. The van der Waals surface area contributed by atoms with Gasteiger partial charge in [0.25, 0.3) is 0 Å². The average molecular weight is 445 g/mol. The second-order valence-corrected chi connectivity index (χ2v) is 8.88. The van der Waals surface area contributed by atoms with Crippen LogP contribution in [0.25, 0.3) is 21.9 Å². The first kappa shape index (κ1) is 23.2. The highest BCUT2D eigenvalue weighted by atomic mass is 16.6. The molecule has 1 heterocycles. The predicted molar refractivity (Wildman–Crippen MR) is 120 cm³/mol. The maximum absolute atomic E-state index is 13.5. The van der Waals surface area contributed by atoms with E-state index in [0.29, 0.717) is 12.8 Å². The van der Waals surface area contributed by atoms with Gasteiger partial charge in [0.2, 0.25) is 16.8 Å². The lowest BCUT2D eigenvalue weighted by Gasteiger charge is -2.15. The number of phenolic OH excluding ortho intramolecular Hbond substituents is 4. The third-order valence-corrected chi connectivity index (χ3v) is 5.61. The largest absolute Gasteiger partial charge is 0.507 e. The van der Waals surface area contributed by atoms with E-state index in [-0.39, 0.29) is 46.8 Å². The first-order valence-electron chi connectivity index (χ1n) is 10.5. The lowest BCUT2D eigenvalue weighted by atomic mass is 9.95. The molecule has 0 bridgehead atoms.